The molecule has 1 aromatic carbocycles. The highest BCUT2D eigenvalue weighted by Crippen LogP contribution is 2.71. The van der Waals surface area contributed by atoms with Crippen molar-refractivity contribution in [1.29, 1.82) is 0 Å². The minimum atomic E-state index is -5.18. The summed E-state index contributed by atoms with van der Waals surface area (Å²) in [5, 5.41) is 13.5. The van der Waals surface area contributed by atoms with Crippen molar-refractivity contribution in [2.24, 2.45) is 29.1 Å². The van der Waals surface area contributed by atoms with E-state index in [1.165, 1.54) is 44.0 Å². The van der Waals surface area contributed by atoms with E-state index in [1.54, 1.807) is 12.1 Å². The van der Waals surface area contributed by atoms with Crippen LogP contribution < -0.4 is 5.32 Å². The molecular formula is C36H44F3N2O5+. The molecule has 3 saturated carbocycles. The van der Waals surface area contributed by atoms with E-state index in [2.05, 4.69) is 19.2 Å². The molecule has 10 heteroatoms. The number of benzene rings is 1. The summed E-state index contributed by atoms with van der Waals surface area (Å²) < 4.78 is 57.5. The minimum Gasteiger partial charge on any atom is -0.506 e. The van der Waals surface area contributed by atoms with Crippen LogP contribution in [0.4, 0.5) is 13.2 Å². The first-order chi connectivity index (χ1) is 21.8. The molecule has 46 heavy (non-hydrogen) atoms. The van der Waals surface area contributed by atoms with E-state index in [0.29, 0.717) is 18.4 Å². The summed E-state index contributed by atoms with van der Waals surface area (Å²) >= 11 is 0. The standard InChI is InChI=1S/C36H43F3N2O5/c1-21(2)19-41(20-23-12-13-23)17-16-34-26-10-7-11-28(34)46-35(29(45-22(3)42)15-14-25(32(34)35)18-27(26)41)40-33(44)30(36(37,38)39)31(43)24-8-5-4-6-9-24/h4-6,8-9,14-15,21,23,26-28,32H,7,10-13,16-20H2,1-3H3,(H-,40,43,44)/p+1/t26-,27+,28-,32?,34+,35?,41?/m0/s1. The second-order valence-corrected chi connectivity index (χ2v) is 15.0. The molecule has 0 radical (unpaired) electrons. The Morgan fingerprint density at radius 2 is 1.87 bits per heavy atom. The van der Waals surface area contributed by atoms with Crippen LogP contribution in [0.5, 0.6) is 0 Å². The number of aliphatic hydroxyl groups is 1. The molecule has 2 N–H and O–H groups in total. The first kappa shape index (κ1) is 31.5. The third-order valence-electron chi connectivity index (χ3n) is 11.7. The average Bonchev–Trinajstić information content (AvgIpc) is 3.74. The monoisotopic (exact) mass is 641 g/mol. The Kier molecular flexibility index (Phi) is 7.51. The SMILES string of the molecule is CC(=O)OC1=CC=C2C[C@@H]3[C@@H]4CCC[C@@H]5OC1(NC(=O)C(=C(O)c1ccccc1)C(F)(F)F)C2[C@@]54CC[N+]3(CC(C)C)CC1CC1. The summed E-state index contributed by atoms with van der Waals surface area (Å²) in [6.45, 7) is 9.01. The summed E-state index contributed by atoms with van der Waals surface area (Å²) in [6.07, 6.45) is 4.80. The second-order valence-electron chi connectivity index (χ2n) is 15.0. The fraction of sp³-hybridized carbons (Fsp3) is 0.611. The topological polar surface area (TPSA) is 84.9 Å². The molecule has 7 rings (SSSR count). The third-order valence-corrected chi connectivity index (χ3v) is 11.7. The number of nitrogens with one attached hydrogen (secondary N) is 1. The van der Waals surface area contributed by atoms with Gasteiger partial charge in [-0.3, -0.25) is 9.59 Å². The van der Waals surface area contributed by atoms with Crippen LogP contribution in [0, 0.1) is 29.1 Å². The molecule has 7 atom stereocenters. The lowest BCUT2D eigenvalue weighted by atomic mass is 9.46. The fourth-order valence-corrected chi connectivity index (χ4v) is 10.4. The average molecular weight is 642 g/mol. The number of ether oxygens (including phenoxy) is 2. The Hall–Kier alpha value is -3.11. The lowest BCUT2D eigenvalue weighted by Gasteiger charge is -2.65. The number of alkyl halides is 3. The molecule has 2 aliphatic heterocycles. The zero-order valence-corrected chi connectivity index (χ0v) is 26.7. The molecule has 2 bridgehead atoms. The largest absolute Gasteiger partial charge is 0.506 e. The molecule has 5 fully saturated rings. The van der Waals surface area contributed by atoms with Gasteiger partial charge in [0.1, 0.15) is 5.76 Å². The van der Waals surface area contributed by atoms with Gasteiger partial charge in [0.15, 0.2) is 11.3 Å². The van der Waals surface area contributed by atoms with E-state index in [-0.39, 0.29) is 23.3 Å². The number of quaternary nitrogens is 1. The summed E-state index contributed by atoms with van der Waals surface area (Å²) in [7, 11) is 0. The number of hydrogen-bond acceptors (Lipinski definition) is 5. The summed E-state index contributed by atoms with van der Waals surface area (Å²) in [5.74, 6) is -2.33. The van der Waals surface area contributed by atoms with Gasteiger partial charge in [-0.15, -0.1) is 0 Å². The van der Waals surface area contributed by atoms with Gasteiger partial charge in [0.05, 0.1) is 31.8 Å². The molecule has 1 amide bonds. The van der Waals surface area contributed by atoms with Gasteiger partial charge < -0.3 is 24.4 Å². The number of nitrogens with zero attached hydrogens (tertiary/aromatic N) is 1. The third kappa shape index (κ3) is 4.84. The van der Waals surface area contributed by atoms with E-state index in [4.69, 9.17) is 9.47 Å². The Morgan fingerprint density at radius 1 is 1.13 bits per heavy atom. The van der Waals surface area contributed by atoms with Crippen LogP contribution in [-0.4, -0.2) is 65.1 Å². The maximum atomic E-state index is 14.6. The number of esters is 1. The van der Waals surface area contributed by atoms with Crippen molar-refractivity contribution in [1.82, 2.24) is 5.32 Å². The zero-order valence-electron chi connectivity index (χ0n) is 26.7. The molecule has 1 spiro atoms. The predicted octanol–water partition coefficient (Wildman–Crippen LogP) is 6.58. The second kappa shape index (κ2) is 11.0. The van der Waals surface area contributed by atoms with Gasteiger partial charge in [-0.25, -0.2) is 0 Å². The van der Waals surface area contributed by atoms with Crippen molar-refractivity contribution < 1.29 is 41.8 Å². The van der Waals surface area contributed by atoms with Crippen molar-refractivity contribution in [2.75, 3.05) is 19.6 Å². The smallest absolute Gasteiger partial charge is 0.425 e. The van der Waals surface area contributed by atoms with Crippen molar-refractivity contribution in [3.63, 3.8) is 0 Å². The summed E-state index contributed by atoms with van der Waals surface area (Å²) in [5.41, 5.74) is -3.06. The molecule has 3 unspecified atom stereocenters. The van der Waals surface area contributed by atoms with E-state index >= 15 is 0 Å². The first-order valence-corrected chi connectivity index (χ1v) is 16.8. The van der Waals surface area contributed by atoms with Gasteiger partial charge in [-0.05, 0) is 31.8 Å². The number of carbonyl (C=O) groups excluding carboxylic acids is 2. The quantitative estimate of drug-likeness (QED) is 0.145. The van der Waals surface area contributed by atoms with E-state index < -0.39 is 46.4 Å². The summed E-state index contributed by atoms with van der Waals surface area (Å²) in [4.78, 5) is 26.4. The lowest BCUT2D eigenvalue weighted by Crippen LogP contribution is -2.73. The molecule has 4 aliphatic carbocycles. The summed E-state index contributed by atoms with van der Waals surface area (Å²) in [6, 6.07) is 7.57. The van der Waals surface area contributed by atoms with Gasteiger partial charge in [-0.2, -0.15) is 13.2 Å². The number of rotatable bonds is 8. The molecule has 248 valence electrons. The molecule has 7 nitrogen and oxygen atoms in total. The normalized spacial score (nSPS) is 36.7. The fourth-order valence-electron chi connectivity index (χ4n) is 10.4. The Labute approximate surface area is 268 Å². The van der Waals surface area contributed by atoms with Crippen LogP contribution in [0.2, 0.25) is 0 Å². The van der Waals surface area contributed by atoms with Crippen LogP contribution in [0.1, 0.15) is 71.3 Å². The number of hydrogen-bond donors (Lipinski definition) is 2. The van der Waals surface area contributed by atoms with Gasteiger partial charge >= 0.3 is 12.1 Å². The van der Waals surface area contributed by atoms with Gasteiger partial charge in [0.25, 0.3) is 5.91 Å². The number of piperidine rings is 1. The molecule has 6 aliphatic rings. The van der Waals surface area contributed by atoms with Crippen molar-refractivity contribution in [3.8, 4) is 0 Å². The number of halogens is 3. The van der Waals surface area contributed by atoms with E-state index in [9.17, 15) is 27.9 Å². The van der Waals surface area contributed by atoms with Gasteiger partial charge in [-0.1, -0.05) is 62.2 Å². The zero-order chi connectivity index (χ0) is 32.6. The molecule has 0 aromatic heterocycles. The maximum Gasteiger partial charge on any atom is 0.425 e. The molecule has 2 heterocycles. The predicted molar refractivity (Wildman–Crippen MR) is 164 cm³/mol. The first-order valence-electron chi connectivity index (χ1n) is 16.8. The Balaban J connectivity index is 1.35. The minimum absolute atomic E-state index is 0.00436. The van der Waals surface area contributed by atoms with Gasteiger partial charge in [0, 0.05) is 54.4 Å². The van der Waals surface area contributed by atoms with Crippen LogP contribution in [0.3, 0.4) is 0 Å². The van der Waals surface area contributed by atoms with Crippen LogP contribution in [-0.2, 0) is 19.1 Å². The Bertz CT molecular complexity index is 1510. The van der Waals surface area contributed by atoms with Crippen LogP contribution >= 0.6 is 0 Å². The van der Waals surface area contributed by atoms with Gasteiger partial charge in [0.2, 0.25) is 5.72 Å². The number of amides is 1. The van der Waals surface area contributed by atoms with Crippen LogP contribution in [0.15, 0.2) is 59.4 Å². The highest BCUT2D eigenvalue weighted by atomic mass is 19.4. The highest BCUT2D eigenvalue weighted by Gasteiger charge is 2.77. The maximum absolute atomic E-state index is 14.6. The number of carbonyl (C=O) groups is 2. The van der Waals surface area contributed by atoms with Crippen LogP contribution in [0.25, 0.3) is 5.76 Å². The number of likely N-dealkylation sites (tertiary alicyclic amines) is 1. The molecule has 2 saturated heterocycles. The van der Waals surface area contributed by atoms with Crippen molar-refractivity contribution in [3.05, 3.63) is 65.0 Å². The van der Waals surface area contributed by atoms with Crippen molar-refractivity contribution in [2.45, 2.75) is 89.8 Å². The Morgan fingerprint density at radius 3 is 2.52 bits per heavy atom. The van der Waals surface area contributed by atoms with Crippen molar-refractivity contribution >= 4 is 17.6 Å². The highest BCUT2D eigenvalue weighted by molar-refractivity contribution is 6.01. The number of aliphatic hydroxyl groups excluding tert-OH is 1. The van der Waals surface area contributed by atoms with E-state index in [0.717, 1.165) is 61.3 Å². The van der Waals surface area contributed by atoms with E-state index in [1.807, 2.05) is 6.08 Å². The molecule has 1 aromatic rings. The molecular weight excluding hydrogens is 597 g/mol. The number of allylic oxidation sites excluding steroid dienone is 2. The lowest BCUT2D eigenvalue weighted by molar-refractivity contribution is -0.968.